The largest absolute Gasteiger partial charge is 0.372 e. The second kappa shape index (κ2) is 5.20. The van der Waals surface area contributed by atoms with Crippen LogP contribution in [0.25, 0.3) is 11.0 Å². The fourth-order valence-corrected chi connectivity index (χ4v) is 2.69. The lowest BCUT2D eigenvalue weighted by Crippen LogP contribution is -2.13. The van der Waals surface area contributed by atoms with Gasteiger partial charge >= 0.3 is 5.69 Å². The van der Waals surface area contributed by atoms with Crippen molar-refractivity contribution in [1.82, 2.24) is 34.5 Å². The van der Waals surface area contributed by atoms with Crippen LogP contribution in [0, 0.1) is 0 Å². The van der Waals surface area contributed by atoms with E-state index < -0.39 is 0 Å². The Bertz CT molecular complexity index is 848. The number of H-pyrrole nitrogens is 1. The standard InChI is InChI=1S/C11H14N8OS/c1-12-8-6-4-13-19(3)9(6)15-7(14-8)5-21-11-17-16-10(20)18(11)2/h4H,5H2,1-3H3,(H,16,20)(H,12,14,15). The van der Waals surface area contributed by atoms with Crippen LogP contribution in [0.4, 0.5) is 5.82 Å². The smallest absolute Gasteiger partial charge is 0.343 e. The lowest BCUT2D eigenvalue weighted by Gasteiger charge is -2.05. The summed E-state index contributed by atoms with van der Waals surface area (Å²) < 4.78 is 3.16. The molecule has 0 saturated heterocycles. The van der Waals surface area contributed by atoms with Gasteiger partial charge in [0.05, 0.1) is 17.3 Å². The van der Waals surface area contributed by atoms with Gasteiger partial charge in [0, 0.05) is 21.1 Å². The molecule has 21 heavy (non-hydrogen) atoms. The van der Waals surface area contributed by atoms with Gasteiger partial charge < -0.3 is 5.32 Å². The molecule has 3 aromatic rings. The molecule has 3 heterocycles. The molecular formula is C11H14N8OS. The van der Waals surface area contributed by atoms with Gasteiger partial charge in [-0.2, -0.15) is 5.10 Å². The highest BCUT2D eigenvalue weighted by molar-refractivity contribution is 7.98. The fourth-order valence-electron chi connectivity index (χ4n) is 1.91. The first-order valence-electron chi connectivity index (χ1n) is 6.20. The molecule has 0 aliphatic carbocycles. The normalized spacial score (nSPS) is 11.2. The first-order valence-corrected chi connectivity index (χ1v) is 7.19. The first kappa shape index (κ1) is 13.6. The summed E-state index contributed by atoms with van der Waals surface area (Å²) in [4.78, 5) is 20.3. The molecule has 0 aromatic carbocycles. The highest BCUT2D eigenvalue weighted by Gasteiger charge is 2.12. The van der Waals surface area contributed by atoms with E-state index in [0.29, 0.717) is 16.7 Å². The molecule has 3 rings (SSSR count). The second-order valence-corrected chi connectivity index (χ2v) is 5.35. The SMILES string of the molecule is CNc1nc(CSc2n[nH]c(=O)n2C)nc2c1cnn2C. The van der Waals surface area contributed by atoms with Crippen LogP contribution in [0.1, 0.15) is 5.82 Å². The molecule has 10 heteroatoms. The maximum Gasteiger partial charge on any atom is 0.343 e. The number of aromatic amines is 1. The van der Waals surface area contributed by atoms with Gasteiger partial charge in [-0.15, -0.1) is 5.10 Å². The molecule has 3 aromatic heterocycles. The predicted molar refractivity (Wildman–Crippen MR) is 79.2 cm³/mol. The summed E-state index contributed by atoms with van der Waals surface area (Å²) in [5.74, 6) is 1.89. The van der Waals surface area contributed by atoms with E-state index >= 15 is 0 Å². The van der Waals surface area contributed by atoms with E-state index in [1.54, 1.807) is 17.9 Å². The van der Waals surface area contributed by atoms with Crippen molar-refractivity contribution in [3.63, 3.8) is 0 Å². The molecule has 0 aliphatic rings. The van der Waals surface area contributed by atoms with Gasteiger partial charge in [0.15, 0.2) is 10.8 Å². The minimum Gasteiger partial charge on any atom is -0.372 e. The molecule has 2 N–H and O–H groups in total. The van der Waals surface area contributed by atoms with Crippen LogP contribution in [0.15, 0.2) is 16.1 Å². The average molecular weight is 306 g/mol. The van der Waals surface area contributed by atoms with Gasteiger partial charge in [0.2, 0.25) is 0 Å². The summed E-state index contributed by atoms with van der Waals surface area (Å²) in [5, 5.41) is 15.0. The first-order chi connectivity index (χ1) is 10.1. The van der Waals surface area contributed by atoms with Gasteiger partial charge in [0.1, 0.15) is 11.6 Å². The Morgan fingerprint density at radius 3 is 2.86 bits per heavy atom. The van der Waals surface area contributed by atoms with Crippen molar-refractivity contribution in [2.75, 3.05) is 12.4 Å². The number of nitrogens with zero attached hydrogens (tertiary/aromatic N) is 6. The molecule has 0 amide bonds. The Labute approximate surface area is 123 Å². The summed E-state index contributed by atoms with van der Waals surface area (Å²) >= 11 is 1.40. The number of anilines is 1. The third-order valence-corrected chi connectivity index (χ3v) is 4.07. The van der Waals surface area contributed by atoms with Crippen LogP contribution < -0.4 is 11.0 Å². The van der Waals surface area contributed by atoms with E-state index in [0.717, 1.165) is 16.9 Å². The minimum atomic E-state index is -0.239. The second-order valence-electron chi connectivity index (χ2n) is 4.40. The van der Waals surface area contributed by atoms with Gasteiger partial charge in [-0.1, -0.05) is 11.8 Å². The van der Waals surface area contributed by atoms with Crippen LogP contribution >= 0.6 is 11.8 Å². The van der Waals surface area contributed by atoms with E-state index in [-0.39, 0.29) is 5.69 Å². The maximum absolute atomic E-state index is 11.3. The lowest BCUT2D eigenvalue weighted by atomic mass is 10.4. The quantitative estimate of drug-likeness (QED) is 0.659. The third-order valence-electron chi connectivity index (χ3n) is 3.04. The van der Waals surface area contributed by atoms with Crippen LogP contribution in [-0.2, 0) is 19.8 Å². The summed E-state index contributed by atoms with van der Waals surface area (Å²) in [6, 6.07) is 0. The van der Waals surface area contributed by atoms with Gasteiger partial charge in [-0.25, -0.2) is 19.9 Å². The zero-order valence-electron chi connectivity index (χ0n) is 11.8. The molecule has 0 atom stereocenters. The number of nitrogens with one attached hydrogen (secondary N) is 2. The van der Waals surface area contributed by atoms with Gasteiger partial charge in [-0.05, 0) is 0 Å². The van der Waals surface area contributed by atoms with E-state index in [9.17, 15) is 4.79 Å². The van der Waals surface area contributed by atoms with Gasteiger partial charge in [0.25, 0.3) is 0 Å². The molecule has 0 bridgehead atoms. The Morgan fingerprint density at radius 1 is 1.38 bits per heavy atom. The molecular weight excluding hydrogens is 292 g/mol. The summed E-state index contributed by atoms with van der Waals surface area (Å²) in [6.07, 6.45) is 1.73. The highest BCUT2D eigenvalue weighted by atomic mass is 32.2. The zero-order chi connectivity index (χ0) is 15.0. The van der Waals surface area contributed by atoms with Crippen LogP contribution in [0.5, 0.6) is 0 Å². The number of hydrogen-bond acceptors (Lipinski definition) is 7. The summed E-state index contributed by atoms with van der Waals surface area (Å²) in [7, 11) is 5.31. The molecule has 0 aliphatic heterocycles. The Hall–Kier alpha value is -2.36. The Balaban J connectivity index is 1.92. The Morgan fingerprint density at radius 2 is 2.19 bits per heavy atom. The topological polar surface area (TPSA) is 106 Å². The molecule has 0 radical (unpaired) electrons. The number of aryl methyl sites for hydroxylation is 1. The lowest BCUT2D eigenvalue weighted by molar-refractivity contribution is 0.764. The monoisotopic (exact) mass is 306 g/mol. The van der Waals surface area contributed by atoms with Crippen molar-refractivity contribution in [2.24, 2.45) is 14.1 Å². The number of hydrogen-bond donors (Lipinski definition) is 2. The molecule has 0 saturated carbocycles. The van der Waals surface area contributed by atoms with Crippen LogP contribution in [0.2, 0.25) is 0 Å². The van der Waals surface area contributed by atoms with Crippen molar-refractivity contribution in [1.29, 1.82) is 0 Å². The van der Waals surface area contributed by atoms with Gasteiger partial charge in [-0.3, -0.25) is 9.25 Å². The molecule has 0 unspecified atom stereocenters. The molecule has 9 nitrogen and oxygen atoms in total. The zero-order valence-corrected chi connectivity index (χ0v) is 12.6. The fraction of sp³-hybridized carbons (Fsp3) is 0.364. The summed E-state index contributed by atoms with van der Waals surface area (Å²) in [6.45, 7) is 0. The number of rotatable bonds is 4. The Kier molecular flexibility index (Phi) is 3.37. The van der Waals surface area contributed by atoms with Crippen LogP contribution in [-0.4, -0.2) is 41.6 Å². The van der Waals surface area contributed by atoms with E-state index in [1.165, 1.54) is 16.3 Å². The van der Waals surface area contributed by atoms with E-state index in [2.05, 4.69) is 30.6 Å². The van der Waals surface area contributed by atoms with Crippen molar-refractivity contribution in [3.05, 3.63) is 22.5 Å². The summed E-state index contributed by atoms with van der Waals surface area (Å²) in [5.41, 5.74) is 0.525. The molecule has 0 fully saturated rings. The number of fused-ring (bicyclic) bond motifs is 1. The van der Waals surface area contributed by atoms with Crippen molar-refractivity contribution in [2.45, 2.75) is 10.9 Å². The van der Waals surface area contributed by atoms with Crippen molar-refractivity contribution in [3.8, 4) is 0 Å². The predicted octanol–water partition coefficient (Wildman–Crippen LogP) is 0.119. The number of thioether (sulfide) groups is 1. The van der Waals surface area contributed by atoms with E-state index in [1.807, 2.05) is 14.1 Å². The van der Waals surface area contributed by atoms with Crippen molar-refractivity contribution >= 4 is 28.6 Å². The molecule has 0 spiro atoms. The van der Waals surface area contributed by atoms with Crippen molar-refractivity contribution < 1.29 is 0 Å². The maximum atomic E-state index is 11.3. The minimum absolute atomic E-state index is 0.239. The highest BCUT2D eigenvalue weighted by Crippen LogP contribution is 2.22. The molecule has 110 valence electrons. The van der Waals surface area contributed by atoms with E-state index in [4.69, 9.17) is 0 Å². The number of aromatic nitrogens is 7. The van der Waals surface area contributed by atoms with Crippen LogP contribution in [0.3, 0.4) is 0 Å². The average Bonchev–Trinajstić information content (AvgIpc) is 3.01. The third kappa shape index (κ3) is 2.37.